The first-order valence-corrected chi connectivity index (χ1v) is 10.7. The number of nitrogens with two attached hydrogens (primary N) is 1. The Hall–Kier alpha value is -2.85. The zero-order valence-corrected chi connectivity index (χ0v) is 17.3. The van der Waals surface area contributed by atoms with Crippen molar-refractivity contribution in [1.82, 2.24) is 8.96 Å². The molecule has 162 valence electrons. The van der Waals surface area contributed by atoms with Gasteiger partial charge in [0, 0.05) is 18.3 Å². The maximum atomic E-state index is 14.8. The first kappa shape index (κ1) is 20.1. The van der Waals surface area contributed by atoms with Crippen LogP contribution in [0.1, 0.15) is 41.5 Å². The van der Waals surface area contributed by atoms with Crippen LogP contribution in [0.15, 0.2) is 35.6 Å². The van der Waals surface area contributed by atoms with Gasteiger partial charge in [0.15, 0.2) is 29.8 Å². The molecule has 2 heterocycles. The van der Waals surface area contributed by atoms with Crippen LogP contribution in [0.2, 0.25) is 0 Å². The molecular formula is C21H21F2N5O2S. The Bertz CT molecular complexity index is 1210. The van der Waals surface area contributed by atoms with E-state index in [0.29, 0.717) is 12.8 Å². The van der Waals surface area contributed by atoms with E-state index in [0.717, 1.165) is 39.9 Å². The first-order chi connectivity index (χ1) is 14.9. The highest BCUT2D eigenvalue weighted by molar-refractivity contribution is 7.92. The van der Waals surface area contributed by atoms with Crippen molar-refractivity contribution < 1.29 is 18.6 Å². The smallest absolute Gasteiger partial charge is 0.173 e. The molecule has 7 nitrogen and oxygen atoms in total. The lowest BCUT2D eigenvalue weighted by Crippen LogP contribution is -2.33. The number of pyridine rings is 1. The van der Waals surface area contributed by atoms with Gasteiger partial charge in [-0.3, -0.25) is 3.97 Å². The Morgan fingerprint density at radius 2 is 2.06 bits per heavy atom. The number of hydrogen-bond acceptors (Lipinski definition) is 6. The van der Waals surface area contributed by atoms with Gasteiger partial charge in [-0.05, 0) is 48.8 Å². The Labute approximate surface area is 181 Å². The summed E-state index contributed by atoms with van der Waals surface area (Å²) in [5.74, 6) is -0.832. The molecule has 1 saturated carbocycles. The van der Waals surface area contributed by atoms with Crippen molar-refractivity contribution in [2.45, 2.75) is 43.7 Å². The SMILES string of the molecule is N/C(=N/O)c1cn(SF)c2cc(F)c(NC3Cc4ccc(C5(O)CCC5)cc4C3)nc12. The van der Waals surface area contributed by atoms with E-state index in [9.17, 15) is 13.4 Å². The van der Waals surface area contributed by atoms with Gasteiger partial charge < -0.3 is 21.4 Å². The summed E-state index contributed by atoms with van der Waals surface area (Å²) >= 11 is -0.127. The number of nitrogens with one attached hydrogen (secondary N) is 1. The van der Waals surface area contributed by atoms with E-state index in [-0.39, 0.29) is 46.6 Å². The van der Waals surface area contributed by atoms with Crippen molar-refractivity contribution in [2.24, 2.45) is 10.9 Å². The first-order valence-electron chi connectivity index (χ1n) is 10.0. The molecule has 2 aliphatic carbocycles. The predicted octanol–water partition coefficient (Wildman–Crippen LogP) is 3.60. The Balaban J connectivity index is 1.43. The summed E-state index contributed by atoms with van der Waals surface area (Å²) in [5, 5.41) is 25.7. The Morgan fingerprint density at radius 1 is 1.29 bits per heavy atom. The summed E-state index contributed by atoms with van der Waals surface area (Å²) in [6, 6.07) is 7.16. The fourth-order valence-corrected chi connectivity index (χ4v) is 4.86. The summed E-state index contributed by atoms with van der Waals surface area (Å²) in [4.78, 5) is 4.32. The van der Waals surface area contributed by atoms with Crippen LogP contribution in [-0.4, -0.2) is 31.1 Å². The molecule has 3 aromatic rings. The molecule has 0 aliphatic heterocycles. The zero-order chi connectivity index (χ0) is 21.8. The average molecular weight is 445 g/mol. The summed E-state index contributed by atoms with van der Waals surface area (Å²) in [7, 11) is 0. The summed E-state index contributed by atoms with van der Waals surface area (Å²) < 4.78 is 29.1. The predicted molar refractivity (Wildman–Crippen MR) is 115 cm³/mol. The number of aromatic nitrogens is 2. The standard InChI is InChI=1S/C21H21F2N5O2S/c22-16-9-17-18(15(19(24)27-30)10-28(17)31-23)26-20(16)25-14-7-11-2-3-13(6-12(11)8-14)21(29)4-1-5-21/h2-3,6,9-10,14,29-30H,1,4-5,7-8H2,(H2,24,27)(H,25,26). The van der Waals surface area contributed by atoms with E-state index < -0.39 is 11.4 Å². The van der Waals surface area contributed by atoms with E-state index in [2.05, 4.69) is 21.5 Å². The van der Waals surface area contributed by atoms with Crippen LogP contribution in [0, 0.1) is 5.82 Å². The number of fused-ring (bicyclic) bond motifs is 2. The van der Waals surface area contributed by atoms with Gasteiger partial charge in [-0.1, -0.05) is 23.4 Å². The van der Waals surface area contributed by atoms with Crippen molar-refractivity contribution in [3.63, 3.8) is 0 Å². The van der Waals surface area contributed by atoms with Gasteiger partial charge >= 0.3 is 0 Å². The molecule has 1 atom stereocenters. The highest BCUT2D eigenvalue weighted by atomic mass is 32.2. The molecule has 0 spiro atoms. The molecule has 1 fully saturated rings. The molecule has 1 unspecified atom stereocenters. The fraction of sp³-hybridized carbons (Fsp3) is 0.333. The molecule has 0 bridgehead atoms. The lowest BCUT2D eigenvalue weighted by atomic mass is 9.74. The molecule has 0 saturated heterocycles. The van der Waals surface area contributed by atoms with Crippen LogP contribution in [0.5, 0.6) is 0 Å². The number of amidine groups is 1. The van der Waals surface area contributed by atoms with Crippen LogP contribution in [-0.2, 0) is 18.4 Å². The van der Waals surface area contributed by atoms with Gasteiger partial charge in [-0.2, -0.15) is 0 Å². The van der Waals surface area contributed by atoms with Gasteiger partial charge in [0.1, 0.15) is 5.52 Å². The third-order valence-electron chi connectivity index (χ3n) is 6.35. The number of anilines is 1. The summed E-state index contributed by atoms with van der Waals surface area (Å²) in [6.07, 6.45) is 5.26. The van der Waals surface area contributed by atoms with Crippen LogP contribution >= 0.6 is 12.3 Å². The third-order valence-corrected chi connectivity index (χ3v) is 6.80. The number of nitrogens with zero attached hydrogens (tertiary/aromatic N) is 3. The second kappa shape index (κ2) is 7.38. The highest BCUT2D eigenvalue weighted by Crippen LogP contribution is 2.42. The maximum absolute atomic E-state index is 14.8. The molecule has 5 N–H and O–H groups in total. The van der Waals surface area contributed by atoms with Gasteiger partial charge in [0.2, 0.25) is 0 Å². The van der Waals surface area contributed by atoms with Crippen LogP contribution < -0.4 is 11.1 Å². The molecule has 0 amide bonds. The van der Waals surface area contributed by atoms with E-state index in [4.69, 9.17) is 10.9 Å². The zero-order valence-electron chi connectivity index (χ0n) is 16.5. The molecule has 2 aromatic heterocycles. The fourth-order valence-electron chi connectivity index (χ4n) is 4.50. The monoisotopic (exact) mass is 445 g/mol. The summed E-state index contributed by atoms with van der Waals surface area (Å²) in [6.45, 7) is 0. The Kier molecular flexibility index (Phi) is 4.78. The molecular weight excluding hydrogens is 424 g/mol. The minimum Gasteiger partial charge on any atom is -0.409 e. The highest BCUT2D eigenvalue weighted by Gasteiger charge is 2.37. The Morgan fingerprint density at radius 3 is 2.74 bits per heavy atom. The van der Waals surface area contributed by atoms with Gasteiger partial charge in [0.05, 0.1) is 16.7 Å². The lowest BCUT2D eigenvalue weighted by molar-refractivity contribution is -0.0388. The number of hydrogen-bond donors (Lipinski definition) is 4. The normalized spacial score (nSPS) is 20.0. The molecule has 31 heavy (non-hydrogen) atoms. The van der Waals surface area contributed by atoms with Gasteiger partial charge in [-0.25, -0.2) is 9.37 Å². The minimum atomic E-state index is -0.717. The molecule has 0 radical (unpaired) electrons. The van der Waals surface area contributed by atoms with Crippen LogP contribution in [0.3, 0.4) is 0 Å². The average Bonchev–Trinajstić information content (AvgIpc) is 3.31. The van der Waals surface area contributed by atoms with E-state index in [1.807, 2.05) is 12.1 Å². The van der Waals surface area contributed by atoms with Gasteiger partial charge in [-0.15, -0.1) is 3.89 Å². The van der Waals surface area contributed by atoms with Crippen molar-refractivity contribution in [3.05, 3.63) is 58.5 Å². The van der Waals surface area contributed by atoms with Crippen LogP contribution in [0.4, 0.5) is 14.1 Å². The van der Waals surface area contributed by atoms with Gasteiger partial charge in [0.25, 0.3) is 0 Å². The molecule has 5 rings (SSSR count). The summed E-state index contributed by atoms with van der Waals surface area (Å²) in [5.41, 5.74) is 8.82. The number of oxime groups is 1. The largest absolute Gasteiger partial charge is 0.409 e. The second-order valence-electron chi connectivity index (χ2n) is 8.23. The van der Waals surface area contributed by atoms with E-state index >= 15 is 0 Å². The minimum absolute atomic E-state index is 0.0248. The number of benzene rings is 1. The lowest BCUT2D eigenvalue weighted by Gasteiger charge is -2.37. The maximum Gasteiger partial charge on any atom is 0.173 e. The number of aliphatic hydroxyl groups is 1. The van der Waals surface area contributed by atoms with Crippen molar-refractivity contribution in [2.75, 3.05) is 5.32 Å². The van der Waals surface area contributed by atoms with Crippen molar-refractivity contribution in [1.29, 1.82) is 0 Å². The second-order valence-corrected chi connectivity index (χ2v) is 8.76. The molecule has 2 aliphatic rings. The van der Waals surface area contributed by atoms with E-state index in [1.54, 1.807) is 0 Å². The number of rotatable bonds is 5. The van der Waals surface area contributed by atoms with E-state index in [1.165, 1.54) is 12.3 Å². The number of halogens is 2. The van der Waals surface area contributed by atoms with Crippen molar-refractivity contribution >= 4 is 35.0 Å². The third kappa shape index (κ3) is 3.30. The van der Waals surface area contributed by atoms with Crippen molar-refractivity contribution in [3.8, 4) is 0 Å². The van der Waals surface area contributed by atoms with Crippen LogP contribution in [0.25, 0.3) is 11.0 Å². The topological polar surface area (TPSA) is 109 Å². The quantitative estimate of drug-likeness (QED) is 0.207. The molecule has 1 aromatic carbocycles. The molecule has 10 heteroatoms.